The van der Waals surface area contributed by atoms with Crippen molar-refractivity contribution in [3.05, 3.63) is 198 Å². The average molecular weight is 979 g/mol. The SMILES string of the molecule is Cc1cc2c3c(c1)N(c1cccc4c1OCCO4)c1ccc(C(C)(C)C)cc1B3c1ccc(-c3ccc4c(c3)oc3ccccc34)cc1N2c1cc(-c2ccc(C(C)(C)C)cc2)cc(-c2ccc(C(C)(C)C)cc2)c1. The molecule has 0 unspecified atom stereocenters. The van der Waals surface area contributed by atoms with Crippen LogP contribution in [0.5, 0.6) is 11.5 Å². The third-order valence-electron chi connectivity index (χ3n) is 15.9. The minimum absolute atomic E-state index is 0.0314. The number of para-hydroxylation sites is 2. The Morgan fingerprint density at radius 3 is 1.67 bits per heavy atom. The Morgan fingerprint density at radius 1 is 0.400 bits per heavy atom. The molecule has 370 valence electrons. The molecule has 0 spiro atoms. The molecule has 0 N–H and O–H groups in total. The summed E-state index contributed by atoms with van der Waals surface area (Å²) < 4.78 is 19.4. The highest BCUT2D eigenvalue weighted by atomic mass is 16.6. The number of anilines is 6. The van der Waals surface area contributed by atoms with Crippen molar-refractivity contribution in [3.63, 3.8) is 0 Å². The van der Waals surface area contributed by atoms with Gasteiger partial charge in [-0.1, -0.05) is 165 Å². The van der Waals surface area contributed by atoms with Crippen LogP contribution in [0.3, 0.4) is 0 Å². The Kier molecular flexibility index (Phi) is 10.6. The quantitative estimate of drug-likeness (QED) is 0.161. The molecule has 5 nitrogen and oxygen atoms in total. The molecule has 75 heavy (non-hydrogen) atoms. The highest BCUT2D eigenvalue weighted by molar-refractivity contribution is 7.00. The van der Waals surface area contributed by atoms with E-state index >= 15 is 0 Å². The van der Waals surface area contributed by atoms with Gasteiger partial charge >= 0.3 is 0 Å². The van der Waals surface area contributed by atoms with E-state index in [0.717, 1.165) is 95.4 Å². The topological polar surface area (TPSA) is 38.1 Å². The Bertz CT molecular complexity index is 3840. The van der Waals surface area contributed by atoms with Crippen molar-refractivity contribution in [2.75, 3.05) is 23.0 Å². The first-order valence-corrected chi connectivity index (χ1v) is 26.7. The van der Waals surface area contributed by atoms with Crippen molar-refractivity contribution in [2.45, 2.75) is 85.5 Å². The third kappa shape index (κ3) is 7.91. The summed E-state index contributed by atoms with van der Waals surface area (Å²) in [5, 5.41) is 2.25. The van der Waals surface area contributed by atoms with Gasteiger partial charge in [-0.05, 0) is 168 Å². The molecule has 0 saturated heterocycles. The van der Waals surface area contributed by atoms with Crippen LogP contribution in [0, 0.1) is 6.92 Å². The molecule has 0 bridgehead atoms. The molecular formula is C69H63BN2O3. The van der Waals surface area contributed by atoms with Gasteiger partial charge in [0.25, 0.3) is 6.71 Å². The summed E-state index contributed by atoms with van der Waals surface area (Å²) >= 11 is 0. The second-order valence-corrected chi connectivity index (χ2v) is 24.2. The molecule has 0 aliphatic carbocycles. The van der Waals surface area contributed by atoms with Crippen LogP contribution in [0.1, 0.15) is 84.6 Å². The lowest BCUT2D eigenvalue weighted by atomic mass is 9.33. The van der Waals surface area contributed by atoms with Crippen molar-refractivity contribution in [1.29, 1.82) is 0 Å². The first-order valence-electron chi connectivity index (χ1n) is 26.7. The number of fused-ring (bicyclic) bond motifs is 8. The Labute approximate surface area is 442 Å². The molecule has 10 aromatic rings. The predicted molar refractivity (Wildman–Crippen MR) is 316 cm³/mol. The molecule has 0 radical (unpaired) electrons. The third-order valence-corrected chi connectivity index (χ3v) is 15.9. The normalized spacial score (nSPS) is 14.0. The van der Waals surface area contributed by atoms with Crippen LogP contribution in [-0.4, -0.2) is 19.9 Å². The fourth-order valence-corrected chi connectivity index (χ4v) is 11.9. The Hall–Kier alpha value is -7.96. The molecular weight excluding hydrogens is 916 g/mol. The van der Waals surface area contributed by atoms with E-state index < -0.39 is 0 Å². The van der Waals surface area contributed by atoms with Crippen molar-refractivity contribution < 1.29 is 13.9 Å². The zero-order chi connectivity index (χ0) is 51.7. The number of nitrogens with zero attached hydrogens (tertiary/aromatic N) is 2. The molecule has 13 rings (SSSR count). The molecule has 4 heterocycles. The van der Waals surface area contributed by atoms with Gasteiger partial charge in [0.1, 0.15) is 24.4 Å². The monoisotopic (exact) mass is 978 g/mol. The largest absolute Gasteiger partial charge is 0.486 e. The maximum absolute atomic E-state index is 6.57. The van der Waals surface area contributed by atoms with Crippen LogP contribution in [0.15, 0.2) is 180 Å². The molecule has 6 heteroatoms. The van der Waals surface area contributed by atoms with E-state index in [-0.39, 0.29) is 23.0 Å². The van der Waals surface area contributed by atoms with E-state index in [2.05, 4.69) is 243 Å². The van der Waals surface area contributed by atoms with Crippen LogP contribution < -0.4 is 35.7 Å². The summed E-state index contributed by atoms with van der Waals surface area (Å²) in [7, 11) is 0. The number of rotatable bonds is 5. The van der Waals surface area contributed by atoms with Crippen molar-refractivity contribution in [1.82, 2.24) is 0 Å². The fraction of sp³-hybridized carbons (Fsp3) is 0.217. The second-order valence-electron chi connectivity index (χ2n) is 24.2. The smallest absolute Gasteiger partial charge is 0.252 e. The average Bonchev–Trinajstić information content (AvgIpc) is 3.80. The second kappa shape index (κ2) is 17.0. The van der Waals surface area contributed by atoms with Gasteiger partial charge in [0.15, 0.2) is 11.5 Å². The molecule has 1 aromatic heterocycles. The van der Waals surface area contributed by atoms with Gasteiger partial charge in [-0.15, -0.1) is 0 Å². The van der Waals surface area contributed by atoms with Crippen molar-refractivity contribution in [3.8, 4) is 44.9 Å². The van der Waals surface area contributed by atoms with Gasteiger partial charge < -0.3 is 23.7 Å². The minimum atomic E-state index is -0.0885. The van der Waals surface area contributed by atoms with E-state index in [0.29, 0.717) is 13.2 Å². The summed E-state index contributed by atoms with van der Waals surface area (Å²) in [4.78, 5) is 5.02. The Morgan fingerprint density at radius 2 is 0.987 bits per heavy atom. The number of hydrogen-bond acceptors (Lipinski definition) is 5. The first-order chi connectivity index (χ1) is 36.0. The number of furan rings is 1. The standard InChI is InChI=1S/C69H63BN2O3/c1-42-34-60-65-61(35-42)72(58-15-13-17-63-66(58)74-33-32-73-63)57-31-28-51(69(8,9)10)41-56(57)70(65)55-30-23-45(46-22-29-54-53-14-11-12-16-62(53)75-64(54)40-46)39-59(55)71(60)52-37-47(43-18-24-49(25-19-43)67(2,3)4)36-48(38-52)44-20-26-50(27-21-44)68(5,6)7/h11-31,34-41H,32-33H2,1-10H3. The molecule has 9 aromatic carbocycles. The van der Waals surface area contributed by atoms with Crippen molar-refractivity contribution in [2.24, 2.45) is 0 Å². The summed E-state index contributed by atoms with van der Waals surface area (Å²) in [6, 6.07) is 66.1. The highest BCUT2D eigenvalue weighted by Gasteiger charge is 2.45. The van der Waals surface area contributed by atoms with Crippen molar-refractivity contribution >= 4 is 79.2 Å². The number of benzene rings is 9. The van der Waals surface area contributed by atoms with Crippen LogP contribution >= 0.6 is 0 Å². The predicted octanol–water partition coefficient (Wildman–Crippen LogP) is 16.6. The highest BCUT2D eigenvalue weighted by Crippen LogP contribution is 2.51. The zero-order valence-corrected chi connectivity index (χ0v) is 44.9. The van der Waals surface area contributed by atoms with Crippen LogP contribution in [-0.2, 0) is 16.2 Å². The van der Waals surface area contributed by atoms with Gasteiger partial charge in [-0.3, -0.25) is 0 Å². The van der Waals surface area contributed by atoms with E-state index in [1.54, 1.807) is 0 Å². The lowest BCUT2D eigenvalue weighted by Crippen LogP contribution is -2.61. The fourth-order valence-electron chi connectivity index (χ4n) is 11.9. The lowest BCUT2D eigenvalue weighted by molar-refractivity contribution is 0.172. The van der Waals surface area contributed by atoms with E-state index in [9.17, 15) is 0 Å². The van der Waals surface area contributed by atoms with Crippen LogP contribution in [0.4, 0.5) is 34.1 Å². The number of ether oxygens (including phenoxy) is 2. The zero-order valence-electron chi connectivity index (χ0n) is 44.9. The van der Waals surface area contributed by atoms with Gasteiger partial charge in [-0.2, -0.15) is 0 Å². The number of aryl methyl sites for hydroxylation is 1. The van der Waals surface area contributed by atoms with E-state index in [1.165, 1.54) is 44.2 Å². The van der Waals surface area contributed by atoms with Gasteiger partial charge in [0, 0.05) is 39.2 Å². The van der Waals surface area contributed by atoms with Gasteiger partial charge in [0.05, 0.1) is 5.69 Å². The Balaban J connectivity index is 1.10. The first kappa shape index (κ1) is 46.8. The van der Waals surface area contributed by atoms with E-state index in [1.807, 2.05) is 12.1 Å². The maximum atomic E-state index is 6.57. The molecule has 0 saturated carbocycles. The molecule has 3 aliphatic rings. The summed E-state index contributed by atoms with van der Waals surface area (Å²) in [6.45, 7) is 23.8. The molecule has 0 fully saturated rings. The van der Waals surface area contributed by atoms with Crippen LogP contribution in [0.2, 0.25) is 0 Å². The summed E-state index contributed by atoms with van der Waals surface area (Å²) in [5.41, 5.74) is 24.2. The summed E-state index contributed by atoms with van der Waals surface area (Å²) in [6.07, 6.45) is 0. The molecule has 3 aliphatic heterocycles. The molecule has 0 atom stereocenters. The van der Waals surface area contributed by atoms with Crippen LogP contribution in [0.25, 0.3) is 55.3 Å². The lowest BCUT2D eigenvalue weighted by Gasteiger charge is -2.45. The van der Waals surface area contributed by atoms with E-state index in [4.69, 9.17) is 13.9 Å². The maximum Gasteiger partial charge on any atom is 0.252 e. The van der Waals surface area contributed by atoms with Gasteiger partial charge in [0.2, 0.25) is 0 Å². The molecule has 0 amide bonds. The number of hydrogen-bond donors (Lipinski definition) is 0. The minimum Gasteiger partial charge on any atom is -0.486 e. The van der Waals surface area contributed by atoms with Gasteiger partial charge in [-0.25, -0.2) is 0 Å². The summed E-state index contributed by atoms with van der Waals surface area (Å²) in [5.74, 6) is 1.54.